The summed E-state index contributed by atoms with van der Waals surface area (Å²) < 4.78 is 0. The first kappa shape index (κ1) is 13.2. The molecule has 1 heterocycles. The monoisotopic (exact) mass is 241 g/mol. The van der Waals surface area contributed by atoms with Gasteiger partial charge in [0, 0.05) is 24.1 Å². The summed E-state index contributed by atoms with van der Waals surface area (Å²) in [7, 11) is 0. The number of aliphatic hydroxyl groups is 1. The fourth-order valence-corrected chi connectivity index (χ4v) is 2.10. The second kappa shape index (κ2) is 6.01. The van der Waals surface area contributed by atoms with Gasteiger partial charge in [-0.1, -0.05) is 13.8 Å². The molecule has 0 bridgehead atoms. The Morgan fingerprint density at radius 1 is 1.56 bits per heavy atom. The molecule has 0 saturated heterocycles. The molecular formula is C12H19NO2S. The molecule has 1 amide bonds. The summed E-state index contributed by atoms with van der Waals surface area (Å²) in [5, 5.41) is 15.4. The van der Waals surface area contributed by atoms with Crippen molar-refractivity contribution in [1.82, 2.24) is 5.32 Å². The van der Waals surface area contributed by atoms with Crippen molar-refractivity contribution in [2.75, 3.05) is 13.2 Å². The highest BCUT2D eigenvalue weighted by molar-refractivity contribution is 7.08. The maximum absolute atomic E-state index is 11.7. The Hall–Kier alpha value is -0.870. The lowest BCUT2D eigenvalue weighted by molar-refractivity contribution is 0.0933. The Balaban J connectivity index is 2.36. The lowest BCUT2D eigenvalue weighted by Gasteiger charge is -2.24. The minimum atomic E-state index is -0.0154. The first-order chi connectivity index (χ1) is 7.55. The predicted octanol–water partition coefficient (Wildman–Crippen LogP) is 2.28. The van der Waals surface area contributed by atoms with Gasteiger partial charge in [0.2, 0.25) is 0 Å². The zero-order valence-electron chi connectivity index (χ0n) is 9.82. The molecule has 1 rings (SSSR count). The summed E-state index contributed by atoms with van der Waals surface area (Å²) in [6, 6.07) is 1.82. The fraction of sp³-hybridized carbons (Fsp3) is 0.583. The number of rotatable bonds is 6. The van der Waals surface area contributed by atoms with E-state index in [1.54, 1.807) is 0 Å². The minimum absolute atomic E-state index is 0.0154. The number of nitrogens with one attached hydrogen (secondary N) is 1. The van der Waals surface area contributed by atoms with Crippen LogP contribution in [0.2, 0.25) is 0 Å². The molecule has 0 atom stereocenters. The van der Waals surface area contributed by atoms with Gasteiger partial charge in [0.15, 0.2) is 0 Å². The summed E-state index contributed by atoms with van der Waals surface area (Å²) >= 11 is 1.52. The Morgan fingerprint density at radius 2 is 2.31 bits per heavy atom. The van der Waals surface area contributed by atoms with E-state index in [1.807, 2.05) is 16.8 Å². The number of thiophene rings is 1. The molecule has 0 fully saturated rings. The van der Waals surface area contributed by atoms with Gasteiger partial charge in [0.05, 0.1) is 0 Å². The summed E-state index contributed by atoms with van der Waals surface area (Å²) in [5.41, 5.74) is 0.761. The average molecular weight is 241 g/mol. The van der Waals surface area contributed by atoms with Crippen LogP contribution in [0.15, 0.2) is 16.8 Å². The van der Waals surface area contributed by atoms with Crippen LogP contribution in [0.5, 0.6) is 0 Å². The number of hydrogen-bond acceptors (Lipinski definition) is 3. The molecule has 0 aliphatic heterocycles. The molecule has 16 heavy (non-hydrogen) atoms. The van der Waals surface area contributed by atoms with Crippen LogP contribution < -0.4 is 5.32 Å². The van der Waals surface area contributed by atoms with Crippen molar-refractivity contribution in [3.8, 4) is 0 Å². The van der Waals surface area contributed by atoms with Crippen LogP contribution >= 0.6 is 11.3 Å². The van der Waals surface area contributed by atoms with Gasteiger partial charge in [-0.15, -0.1) is 0 Å². The molecule has 1 aromatic heterocycles. The van der Waals surface area contributed by atoms with Crippen molar-refractivity contribution in [1.29, 1.82) is 0 Å². The molecule has 0 aromatic carbocycles. The molecule has 1 aromatic rings. The highest BCUT2D eigenvalue weighted by Crippen LogP contribution is 2.21. The van der Waals surface area contributed by atoms with Crippen LogP contribution in [0.1, 0.15) is 37.0 Å². The molecule has 0 radical (unpaired) electrons. The molecule has 0 spiro atoms. The third-order valence-corrected chi connectivity index (χ3v) is 3.21. The minimum Gasteiger partial charge on any atom is -0.396 e. The molecule has 0 unspecified atom stereocenters. The zero-order valence-corrected chi connectivity index (χ0v) is 10.6. The van der Waals surface area contributed by atoms with Crippen LogP contribution in [-0.2, 0) is 0 Å². The summed E-state index contributed by atoms with van der Waals surface area (Å²) in [4.78, 5) is 11.7. The maximum Gasteiger partial charge on any atom is 0.252 e. The van der Waals surface area contributed by atoms with Crippen molar-refractivity contribution in [3.05, 3.63) is 22.4 Å². The third-order valence-electron chi connectivity index (χ3n) is 2.52. The van der Waals surface area contributed by atoms with Crippen molar-refractivity contribution >= 4 is 17.2 Å². The second-order valence-corrected chi connectivity index (χ2v) is 5.47. The van der Waals surface area contributed by atoms with Gasteiger partial charge in [-0.05, 0) is 29.7 Å². The molecule has 4 heteroatoms. The summed E-state index contributed by atoms with van der Waals surface area (Å²) in [6.45, 7) is 5.04. The van der Waals surface area contributed by atoms with Crippen LogP contribution in [0.25, 0.3) is 0 Å². The van der Waals surface area contributed by atoms with E-state index in [9.17, 15) is 4.79 Å². The van der Waals surface area contributed by atoms with Crippen LogP contribution in [0.3, 0.4) is 0 Å². The summed E-state index contributed by atoms with van der Waals surface area (Å²) in [5.74, 6) is -0.0154. The number of carbonyl (C=O) groups excluding carboxylic acids is 1. The first-order valence-electron chi connectivity index (χ1n) is 5.46. The zero-order chi connectivity index (χ0) is 12.0. The Labute approximate surface area is 100 Å². The van der Waals surface area contributed by atoms with Gasteiger partial charge in [-0.2, -0.15) is 11.3 Å². The number of aliphatic hydroxyl groups excluding tert-OH is 1. The largest absolute Gasteiger partial charge is 0.396 e. The Morgan fingerprint density at radius 3 is 2.88 bits per heavy atom. The standard InChI is InChI=1S/C12H19NO2S/c1-12(2,5-3-6-14)9-13-11(15)10-4-7-16-8-10/h4,7-8,14H,3,5-6,9H2,1-2H3,(H,13,15). The van der Waals surface area contributed by atoms with E-state index in [4.69, 9.17) is 5.11 Å². The molecule has 0 aliphatic rings. The highest BCUT2D eigenvalue weighted by Gasteiger charge is 2.18. The third kappa shape index (κ3) is 4.33. The van der Waals surface area contributed by atoms with Gasteiger partial charge < -0.3 is 10.4 Å². The molecule has 0 aliphatic carbocycles. The van der Waals surface area contributed by atoms with E-state index in [-0.39, 0.29) is 17.9 Å². The quantitative estimate of drug-likeness (QED) is 0.802. The Kier molecular flexibility index (Phi) is 4.96. The second-order valence-electron chi connectivity index (χ2n) is 4.69. The fourth-order valence-electron chi connectivity index (χ4n) is 1.46. The lowest BCUT2D eigenvalue weighted by Crippen LogP contribution is -2.33. The van der Waals surface area contributed by atoms with Crippen molar-refractivity contribution in [2.45, 2.75) is 26.7 Å². The predicted molar refractivity (Wildman–Crippen MR) is 66.8 cm³/mol. The molecule has 0 saturated carbocycles. The van der Waals surface area contributed by atoms with Crippen LogP contribution in [0, 0.1) is 5.41 Å². The van der Waals surface area contributed by atoms with E-state index in [0.29, 0.717) is 6.54 Å². The molecule has 90 valence electrons. The number of amides is 1. The SMILES string of the molecule is CC(C)(CCCO)CNC(=O)c1ccsc1. The number of carbonyl (C=O) groups is 1. The average Bonchev–Trinajstić information content (AvgIpc) is 2.77. The van der Waals surface area contributed by atoms with E-state index in [1.165, 1.54) is 11.3 Å². The van der Waals surface area contributed by atoms with E-state index < -0.39 is 0 Å². The van der Waals surface area contributed by atoms with Crippen molar-refractivity contribution in [3.63, 3.8) is 0 Å². The molecular weight excluding hydrogens is 222 g/mol. The topological polar surface area (TPSA) is 49.3 Å². The van der Waals surface area contributed by atoms with Crippen LogP contribution in [-0.4, -0.2) is 24.2 Å². The van der Waals surface area contributed by atoms with Gasteiger partial charge in [0.1, 0.15) is 0 Å². The van der Waals surface area contributed by atoms with Crippen LogP contribution in [0.4, 0.5) is 0 Å². The van der Waals surface area contributed by atoms with Gasteiger partial charge in [-0.25, -0.2) is 0 Å². The Bertz CT molecular complexity index is 320. The van der Waals surface area contributed by atoms with Gasteiger partial charge in [0.25, 0.3) is 5.91 Å². The van der Waals surface area contributed by atoms with E-state index >= 15 is 0 Å². The normalized spacial score (nSPS) is 11.4. The summed E-state index contributed by atoms with van der Waals surface area (Å²) in [6.07, 6.45) is 1.69. The first-order valence-corrected chi connectivity index (χ1v) is 6.41. The van der Waals surface area contributed by atoms with Gasteiger partial charge in [-0.3, -0.25) is 4.79 Å². The molecule has 2 N–H and O–H groups in total. The van der Waals surface area contributed by atoms with Crippen molar-refractivity contribution in [2.24, 2.45) is 5.41 Å². The maximum atomic E-state index is 11.7. The van der Waals surface area contributed by atoms with Gasteiger partial charge >= 0.3 is 0 Å². The van der Waals surface area contributed by atoms with Crippen molar-refractivity contribution < 1.29 is 9.90 Å². The van der Waals surface area contributed by atoms with E-state index in [2.05, 4.69) is 19.2 Å². The smallest absolute Gasteiger partial charge is 0.252 e. The number of hydrogen-bond donors (Lipinski definition) is 2. The molecule has 3 nitrogen and oxygen atoms in total. The lowest BCUT2D eigenvalue weighted by atomic mass is 9.88. The highest BCUT2D eigenvalue weighted by atomic mass is 32.1. The van der Waals surface area contributed by atoms with E-state index in [0.717, 1.165) is 18.4 Å².